The van der Waals surface area contributed by atoms with Crippen molar-refractivity contribution in [2.75, 3.05) is 13.1 Å². The van der Waals surface area contributed by atoms with Gasteiger partial charge < -0.3 is 20.2 Å². The van der Waals surface area contributed by atoms with Crippen LogP contribution in [0.2, 0.25) is 0 Å². The predicted molar refractivity (Wildman–Crippen MR) is 88.8 cm³/mol. The Balaban J connectivity index is 1.57. The minimum Gasteiger partial charge on any atom is -0.347 e. The number of hydrogen-bond donors (Lipinski definition) is 3. The zero-order valence-corrected chi connectivity index (χ0v) is 13.3. The standard InChI is InChI=1S/C17H20N4O3/c22-15(14-11-19-17(24)20-14)18-10-12-4-6-13(7-5-12)16(23)21-8-2-1-3-9-21/h4-7,11H,1-3,8-10H2,(H,18,22)(H2,19,20,24). The molecule has 2 amide bonds. The van der Waals surface area contributed by atoms with Crippen molar-refractivity contribution < 1.29 is 9.59 Å². The van der Waals surface area contributed by atoms with E-state index in [0.29, 0.717) is 12.1 Å². The van der Waals surface area contributed by atoms with Crippen molar-refractivity contribution in [3.63, 3.8) is 0 Å². The lowest BCUT2D eigenvalue weighted by molar-refractivity contribution is 0.0724. The van der Waals surface area contributed by atoms with E-state index in [9.17, 15) is 14.4 Å². The number of nitrogens with one attached hydrogen (secondary N) is 3. The molecule has 1 aliphatic heterocycles. The van der Waals surface area contributed by atoms with E-state index in [1.165, 1.54) is 12.6 Å². The molecule has 1 aliphatic rings. The number of hydrogen-bond acceptors (Lipinski definition) is 3. The van der Waals surface area contributed by atoms with E-state index in [4.69, 9.17) is 0 Å². The van der Waals surface area contributed by atoms with E-state index in [-0.39, 0.29) is 17.5 Å². The minimum absolute atomic E-state index is 0.0650. The van der Waals surface area contributed by atoms with Crippen LogP contribution in [-0.2, 0) is 6.54 Å². The molecule has 2 heterocycles. The summed E-state index contributed by atoms with van der Waals surface area (Å²) in [6.07, 6.45) is 4.65. The number of piperidine rings is 1. The smallest absolute Gasteiger partial charge is 0.323 e. The Morgan fingerprint density at radius 2 is 1.79 bits per heavy atom. The van der Waals surface area contributed by atoms with Gasteiger partial charge in [0.1, 0.15) is 5.69 Å². The van der Waals surface area contributed by atoms with Crippen LogP contribution in [0.5, 0.6) is 0 Å². The molecule has 1 aromatic carbocycles. The Kier molecular flexibility index (Phi) is 4.79. The Bertz CT molecular complexity index is 770. The molecule has 3 N–H and O–H groups in total. The predicted octanol–water partition coefficient (Wildman–Crippen LogP) is 1.26. The van der Waals surface area contributed by atoms with Gasteiger partial charge in [-0.2, -0.15) is 0 Å². The highest BCUT2D eigenvalue weighted by Gasteiger charge is 2.17. The fraction of sp³-hybridized carbons (Fsp3) is 0.353. The van der Waals surface area contributed by atoms with Crippen LogP contribution >= 0.6 is 0 Å². The van der Waals surface area contributed by atoms with E-state index in [0.717, 1.165) is 31.5 Å². The second kappa shape index (κ2) is 7.16. The van der Waals surface area contributed by atoms with Gasteiger partial charge in [-0.15, -0.1) is 0 Å². The summed E-state index contributed by atoms with van der Waals surface area (Å²) in [7, 11) is 0. The second-order valence-corrected chi connectivity index (χ2v) is 5.89. The van der Waals surface area contributed by atoms with Crippen molar-refractivity contribution in [1.29, 1.82) is 0 Å². The summed E-state index contributed by atoms with van der Waals surface area (Å²) in [5.41, 5.74) is 1.33. The summed E-state index contributed by atoms with van der Waals surface area (Å²) < 4.78 is 0. The van der Waals surface area contributed by atoms with Crippen LogP contribution in [0.3, 0.4) is 0 Å². The van der Waals surface area contributed by atoms with Gasteiger partial charge in [0.15, 0.2) is 0 Å². The molecule has 0 atom stereocenters. The first-order chi connectivity index (χ1) is 11.6. The summed E-state index contributed by atoms with van der Waals surface area (Å²) >= 11 is 0. The maximum Gasteiger partial charge on any atom is 0.323 e. The molecule has 7 nitrogen and oxygen atoms in total. The summed E-state index contributed by atoms with van der Waals surface area (Å²) in [5, 5.41) is 2.72. The molecule has 7 heteroatoms. The summed E-state index contributed by atoms with van der Waals surface area (Å²) in [6.45, 7) is 1.97. The van der Waals surface area contributed by atoms with Crippen molar-refractivity contribution in [2.24, 2.45) is 0 Å². The topological polar surface area (TPSA) is 98.1 Å². The number of nitrogens with zero attached hydrogens (tertiary/aromatic N) is 1. The number of carbonyl (C=O) groups is 2. The number of aromatic amines is 2. The largest absolute Gasteiger partial charge is 0.347 e. The van der Waals surface area contributed by atoms with Gasteiger partial charge in [0.2, 0.25) is 0 Å². The third kappa shape index (κ3) is 3.73. The van der Waals surface area contributed by atoms with Crippen molar-refractivity contribution in [2.45, 2.75) is 25.8 Å². The number of benzene rings is 1. The molecule has 0 saturated carbocycles. The molecular formula is C17H20N4O3. The molecule has 1 fully saturated rings. The molecule has 2 aromatic rings. The number of rotatable bonds is 4. The van der Waals surface area contributed by atoms with Crippen LogP contribution < -0.4 is 11.0 Å². The van der Waals surface area contributed by atoms with Crippen LogP contribution in [0.1, 0.15) is 45.7 Å². The van der Waals surface area contributed by atoms with E-state index < -0.39 is 5.69 Å². The number of aromatic nitrogens is 2. The van der Waals surface area contributed by atoms with Gasteiger partial charge in [0.25, 0.3) is 11.8 Å². The molecular weight excluding hydrogens is 308 g/mol. The molecule has 1 saturated heterocycles. The normalized spacial score (nSPS) is 14.4. The van der Waals surface area contributed by atoms with Gasteiger partial charge in [0, 0.05) is 31.4 Å². The van der Waals surface area contributed by atoms with Crippen molar-refractivity contribution in [3.05, 3.63) is 57.8 Å². The van der Waals surface area contributed by atoms with E-state index in [1.54, 1.807) is 12.1 Å². The van der Waals surface area contributed by atoms with Crippen molar-refractivity contribution in [3.8, 4) is 0 Å². The molecule has 126 valence electrons. The number of likely N-dealkylation sites (tertiary alicyclic amines) is 1. The number of carbonyl (C=O) groups excluding carboxylic acids is 2. The summed E-state index contributed by atoms with van der Waals surface area (Å²) in [5.74, 6) is -0.294. The van der Waals surface area contributed by atoms with E-state index in [1.807, 2.05) is 17.0 Å². The van der Waals surface area contributed by atoms with Gasteiger partial charge in [-0.3, -0.25) is 9.59 Å². The second-order valence-electron chi connectivity index (χ2n) is 5.89. The molecule has 3 rings (SSSR count). The van der Waals surface area contributed by atoms with Crippen LogP contribution in [0.4, 0.5) is 0 Å². The fourth-order valence-electron chi connectivity index (χ4n) is 2.78. The lowest BCUT2D eigenvalue weighted by Gasteiger charge is -2.26. The van der Waals surface area contributed by atoms with Gasteiger partial charge in [0.05, 0.1) is 0 Å². The van der Waals surface area contributed by atoms with Crippen LogP contribution in [0.25, 0.3) is 0 Å². The first-order valence-electron chi connectivity index (χ1n) is 8.07. The number of amides is 2. The SMILES string of the molecule is O=C(NCc1ccc(C(=O)N2CCCCC2)cc1)c1c[nH]c(=O)[nH]1. The van der Waals surface area contributed by atoms with Gasteiger partial charge in [-0.1, -0.05) is 12.1 Å². The van der Waals surface area contributed by atoms with Crippen LogP contribution in [0, 0.1) is 0 Å². The lowest BCUT2D eigenvalue weighted by Crippen LogP contribution is -2.35. The highest BCUT2D eigenvalue weighted by Crippen LogP contribution is 2.14. The van der Waals surface area contributed by atoms with E-state index in [2.05, 4.69) is 15.3 Å². The average molecular weight is 328 g/mol. The number of H-pyrrole nitrogens is 2. The maximum atomic E-state index is 12.4. The first-order valence-corrected chi connectivity index (χ1v) is 8.07. The van der Waals surface area contributed by atoms with Gasteiger partial charge in [-0.25, -0.2) is 4.79 Å². The van der Waals surface area contributed by atoms with E-state index >= 15 is 0 Å². The molecule has 0 spiro atoms. The Hall–Kier alpha value is -2.83. The molecule has 0 radical (unpaired) electrons. The lowest BCUT2D eigenvalue weighted by atomic mass is 10.1. The summed E-state index contributed by atoms with van der Waals surface area (Å²) in [4.78, 5) is 41.9. The molecule has 0 aliphatic carbocycles. The monoisotopic (exact) mass is 328 g/mol. The maximum absolute atomic E-state index is 12.4. The first kappa shape index (κ1) is 16.0. The fourth-order valence-corrected chi connectivity index (χ4v) is 2.78. The Morgan fingerprint density at radius 3 is 2.42 bits per heavy atom. The van der Waals surface area contributed by atoms with Gasteiger partial charge in [-0.05, 0) is 37.0 Å². The van der Waals surface area contributed by atoms with Crippen molar-refractivity contribution >= 4 is 11.8 Å². The molecule has 1 aromatic heterocycles. The zero-order chi connectivity index (χ0) is 16.9. The van der Waals surface area contributed by atoms with Crippen molar-refractivity contribution in [1.82, 2.24) is 20.2 Å². The molecule has 0 unspecified atom stereocenters. The third-order valence-corrected chi connectivity index (χ3v) is 4.14. The highest BCUT2D eigenvalue weighted by atomic mass is 16.2. The minimum atomic E-state index is -0.416. The highest BCUT2D eigenvalue weighted by molar-refractivity contribution is 5.94. The molecule has 0 bridgehead atoms. The quantitative estimate of drug-likeness (QED) is 0.788. The van der Waals surface area contributed by atoms with Gasteiger partial charge >= 0.3 is 5.69 Å². The van der Waals surface area contributed by atoms with Crippen LogP contribution in [0.15, 0.2) is 35.3 Å². The number of imidazole rings is 1. The van der Waals surface area contributed by atoms with Crippen LogP contribution in [-0.4, -0.2) is 39.8 Å². The average Bonchev–Trinajstić information content (AvgIpc) is 3.07. The summed E-state index contributed by atoms with van der Waals surface area (Å²) in [6, 6.07) is 7.24. The Labute approximate surface area is 139 Å². The third-order valence-electron chi connectivity index (χ3n) is 4.14. The molecule has 24 heavy (non-hydrogen) atoms. The zero-order valence-electron chi connectivity index (χ0n) is 13.3. The Morgan fingerprint density at radius 1 is 1.08 bits per heavy atom.